The van der Waals surface area contributed by atoms with E-state index in [2.05, 4.69) is 40.4 Å². The SMILES string of the molecule is CCC(N)C(c1cccs1)N1CCCC1c1cccnc1. The largest absolute Gasteiger partial charge is 0.326 e. The van der Waals surface area contributed by atoms with E-state index in [1.807, 2.05) is 29.8 Å². The van der Waals surface area contributed by atoms with Crippen molar-refractivity contribution in [1.82, 2.24) is 9.88 Å². The monoisotopic (exact) mass is 301 g/mol. The molecule has 4 heteroatoms. The van der Waals surface area contributed by atoms with Crippen LogP contribution in [0.4, 0.5) is 0 Å². The summed E-state index contributed by atoms with van der Waals surface area (Å²) in [5, 5.41) is 2.15. The average Bonchev–Trinajstić information content (AvgIpc) is 3.20. The predicted molar refractivity (Wildman–Crippen MR) is 88.2 cm³/mol. The summed E-state index contributed by atoms with van der Waals surface area (Å²) in [5.74, 6) is 0. The van der Waals surface area contributed by atoms with Crippen molar-refractivity contribution in [3.8, 4) is 0 Å². The third-order valence-electron chi connectivity index (χ3n) is 4.43. The maximum absolute atomic E-state index is 6.48. The van der Waals surface area contributed by atoms with Gasteiger partial charge in [0.1, 0.15) is 0 Å². The van der Waals surface area contributed by atoms with Crippen LogP contribution in [0.5, 0.6) is 0 Å². The predicted octanol–water partition coefficient (Wildman–Crippen LogP) is 3.76. The lowest BCUT2D eigenvalue weighted by atomic mass is 9.99. The Morgan fingerprint density at radius 2 is 2.33 bits per heavy atom. The van der Waals surface area contributed by atoms with Crippen LogP contribution in [0.25, 0.3) is 0 Å². The normalized spacial score (nSPS) is 22.3. The maximum atomic E-state index is 6.48. The molecule has 0 amide bonds. The minimum absolute atomic E-state index is 0.181. The van der Waals surface area contributed by atoms with Crippen LogP contribution in [-0.4, -0.2) is 22.5 Å². The maximum Gasteiger partial charge on any atom is 0.0598 e. The average molecular weight is 301 g/mol. The van der Waals surface area contributed by atoms with Gasteiger partial charge in [-0.1, -0.05) is 19.1 Å². The van der Waals surface area contributed by atoms with Gasteiger partial charge >= 0.3 is 0 Å². The van der Waals surface area contributed by atoms with Crippen LogP contribution in [0.3, 0.4) is 0 Å². The molecular weight excluding hydrogens is 278 g/mol. The van der Waals surface area contributed by atoms with E-state index in [0.717, 1.165) is 13.0 Å². The number of hydrogen-bond donors (Lipinski definition) is 1. The van der Waals surface area contributed by atoms with Crippen molar-refractivity contribution >= 4 is 11.3 Å². The Hall–Kier alpha value is -1.23. The first-order chi connectivity index (χ1) is 10.3. The molecule has 1 aliphatic heterocycles. The summed E-state index contributed by atoms with van der Waals surface area (Å²) >= 11 is 1.82. The second-order valence-corrected chi connectivity index (χ2v) is 6.69. The summed E-state index contributed by atoms with van der Waals surface area (Å²) in [4.78, 5) is 8.28. The Morgan fingerprint density at radius 3 is 3.00 bits per heavy atom. The summed E-state index contributed by atoms with van der Waals surface area (Å²) < 4.78 is 0. The van der Waals surface area contributed by atoms with Crippen LogP contribution in [0, 0.1) is 0 Å². The highest BCUT2D eigenvalue weighted by molar-refractivity contribution is 7.10. The molecule has 0 spiro atoms. The first kappa shape index (κ1) is 14.7. The molecule has 3 rings (SSSR count). The molecule has 0 saturated carbocycles. The fraction of sp³-hybridized carbons (Fsp3) is 0.471. The number of hydrogen-bond acceptors (Lipinski definition) is 4. The van der Waals surface area contributed by atoms with E-state index >= 15 is 0 Å². The van der Waals surface area contributed by atoms with E-state index in [9.17, 15) is 0 Å². The topological polar surface area (TPSA) is 42.1 Å². The van der Waals surface area contributed by atoms with Crippen molar-refractivity contribution in [2.75, 3.05) is 6.54 Å². The quantitative estimate of drug-likeness (QED) is 0.914. The zero-order chi connectivity index (χ0) is 14.7. The van der Waals surface area contributed by atoms with Crippen LogP contribution in [0.2, 0.25) is 0 Å². The third-order valence-corrected chi connectivity index (χ3v) is 5.38. The van der Waals surface area contributed by atoms with Gasteiger partial charge in [0.2, 0.25) is 0 Å². The first-order valence-electron chi connectivity index (χ1n) is 7.76. The lowest BCUT2D eigenvalue weighted by Gasteiger charge is -2.36. The highest BCUT2D eigenvalue weighted by Crippen LogP contribution is 2.41. The van der Waals surface area contributed by atoms with Crippen LogP contribution in [0.15, 0.2) is 42.0 Å². The molecule has 112 valence electrons. The summed E-state index contributed by atoms with van der Waals surface area (Å²) in [6, 6.07) is 9.53. The molecule has 3 nitrogen and oxygen atoms in total. The molecule has 2 N–H and O–H groups in total. The first-order valence-corrected chi connectivity index (χ1v) is 8.64. The van der Waals surface area contributed by atoms with Crippen molar-refractivity contribution in [3.05, 3.63) is 52.5 Å². The Balaban J connectivity index is 1.91. The van der Waals surface area contributed by atoms with E-state index in [-0.39, 0.29) is 6.04 Å². The van der Waals surface area contributed by atoms with Gasteiger partial charge < -0.3 is 5.73 Å². The van der Waals surface area contributed by atoms with Gasteiger partial charge in [-0.15, -0.1) is 11.3 Å². The molecule has 0 aliphatic carbocycles. The van der Waals surface area contributed by atoms with Crippen LogP contribution in [-0.2, 0) is 0 Å². The van der Waals surface area contributed by atoms with Crippen LogP contribution >= 0.6 is 11.3 Å². The van der Waals surface area contributed by atoms with Crippen molar-refractivity contribution in [2.24, 2.45) is 5.73 Å². The smallest absolute Gasteiger partial charge is 0.0598 e. The molecule has 1 saturated heterocycles. The zero-order valence-corrected chi connectivity index (χ0v) is 13.3. The van der Waals surface area contributed by atoms with Crippen molar-refractivity contribution in [3.63, 3.8) is 0 Å². The van der Waals surface area contributed by atoms with Crippen LogP contribution < -0.4 is 5.73 Å². The third kappa shape index (κ3) is 3.03. The van der Waals surface area contributed by atoms with Crippen molar-refractivity contribution in [2.45, 2.75) is 44.3 Å². The summed E-state index contributed by atoms with van der Waals surface area (Å²) in [7, 11) is 0. The summed E-state index contributed by atoms with van der Waals surface area (Å²) in [5.41, 5.74) is 7.80. The molecule has 2 aromatic rings. The van der Waals surface area contributed by atoms with Gasteiger partial charge in [-0.25, -0.2) is 0 Å². The van der Waals surface area contributed by atoms with E-state index < -0.39 is 0 Å². The minimum Gasteiger partial charge on any atom is -0.326 e. The Kier molecular flexibility index (Phi) is 4.68. The van der Waals surface area contributed by atoms with Gasteiger partial charge in [-0.05, 0) is 48.9 Å². The molecule has 2 aromatic heterocycles. The van der Waals surface area contributed by atoms with Crippen molar-refractivity contribution < 1.29 is 0 Å². The number of likely N-dealkylation sites (tertiary alicyclic amines) is 1. The molecule has 0 radical (unpaired) electrons. The van der Waals surface area contributed by atoms with Gasteiger partial charge in [0.25, 0.3) is 0 Å². The molecule has 1 aliphatic rings. The highest BCUT2D eigenvalue weighted by atomic mass is 32.1. The van der Waals surface area contributed by atoms with Crippen LogP contribution in [0.1, 0.15) is 48.7 Å². The Labute approximate surface area is 130 Å². The second kappa shape index (κ2) is 6.69. The van der Waals surface area contributed by atoms with Gasteiger partial charge in [-0.2, -0.15) is 0 Å². The van der Waals surface area contributed by atoms with Gasteiger partial charge in [0.15, 0.2) is 0 Å². The Bertz CT molecular complexity index is 540. The second-order valence-electron chi connectivity index (χ2n) is 5.71. The summed E-state index contributed by atoms with van der Waals surface area (Å²) in [6.07, 6.45) is 7.28. The number of nitrogens with zero attached hydrogens (tertiary/aromatic N) is 2. The van der Waals surface area contributed by atoms with E-state index in [1.165, 1.54) is 23.3 Å². The molecule has 1 fully saturated rings. The Morgan fingerprint density at radius 1 is 1.43 bits per heavy atom. The number of pyridine rings is 1. The molecular formula is C17H23N3S. The molecule has 3 atom stereocenters. The molecule has 0 aromatic carbocycles. The molecule has 3 heterocycles. The highest BCUT2D eigenvalue weighted by Gasteiger charge is 2.35. The van der Waals surface area contributed by atoms with E-state index in [1.54, 1.807) is 0 Å². The lowest BCUT2D eigenvalue weighted by molar-refractivity contribution is 0.156. The van der Waals surface area contributed by atoms with Gasteiger partial charge in [0, 0.05) is 29.4 Å². The fourth-order valence-electron chi connectivity index (χ4n) is 3.36. The number of nitrogens with two attached hydrogens (primary N) is 1. The van der Waals surface area contributed by atoms with Gasteiger partial charge in [-0.3, -0.25) is 9.88 Å². The lowest BCUT2D eigenvalue weighted by Crippen LogP contribution is -2.40. The zero-order valence-electron chi connectivity index (χ0n) is 12.5. The minimum atomic E-state index is 0.181. The molecule has 21 heavy (non-hydrogen) atoms. The van der Waals surface area contributed by atoms with E-state index in [0.29, 0.717) is 12.1 Å². The molecule has 3 unspecified atom stereocenters. The standard InChI is InChI=1S/C17H23N3S/c1-2-14(18)17(16-8-5-11-21-16)20-10-4-7-15(20)13-6-3-9-19-12-13/h3,5-6,8-9,11-12,14-15,17H,2,4,7,10,18H2,1H3. The number of aromatic nitrogens is 1. The number of rotatable bonds is 5. The van der Waals surface area contributed by atoms with E-state index in [4.69, 9.17) is 5.73 Å². The fourth-order valence-corrected chi connectivity index (χ4v) is 4.28. The molecule has 0 bridgehead atoms. The van der Waals surface area contributed by atoms with Gasteiger partial charge in [0.05, 0.1) is 6.04 Å². The summed E-state index contributed by atoms with van der Waals surface area (Å²) in [6.45, 7) is 3.30. The van der Waals surface area contributed by atoms with Crippen molar-refractivity contribution in [1.29, 1.82) is 0 Å². The number of thiophene rings is 1.